The molecule has 0 amide bonds. The van der Waals surface area contributed by atoms with Crippen LogP contribution < -0.4 is 10.1 Å². The SMILES string of the molecule is COc1ccccc1CNC[C@]1(c2ccccc2)CC[C@@H](N2CCC(c3ccc(F)cc3)CC2)CC1. The Morgan fingerprint density at radius 1 is 0.861 bits per heavy atom. The lowest BCUT2D eigenvalue weighted by Crippen LogP contribution is -2.48. The molecule has 1 saturated carbocycles. The van der Waals surface area contributed by atoms with Gasteiger partial charge in [0.25, 0.3) is 0 Å². The molecule has 3 aromatic carbocycles. The zero-order chi connectivity index (χ0) is 24.8. The van der Waals surface area contributed by atoms with Gasteiger partial charge in [-0.25, -0.2) is 4.39 Å². The summed E-state index contributed by atoms with van der Waals surface area (Å²) in [6.07, 6.45) is 7.24. The molecular formula is C32H39FN2O. The molecule has 1 aliphatic heterocycles. The molecule has 1 N–H and O–H groups in total. The maximum atomic E-state index is 13.3. The Hall–Kier alpha value is -2.69. The third kappa shape index (κ3) is 5.66. The molecule has 3 aromatic rings. The minimum Gasteiger partial charge on any atom is -0.496 e. The smallest absolute Gasteiger partial charge is 0.123 e. The number of nitrogens with zero attached hydrogens (tertiary/aromatic N) is 1. The van der Waals surface area contributed by atoms with Crippen LogP contribution in [0.5, 0.6) is 5.75 Å². The molecule has 0 unspecified atom stereocenters. The molecule has 1 aliphatic carbocycles. The van der Waals surface area contributed by atoms with Gasteiger partial charge in [-0.15, -0.1) is 0 Å². The zero-order valence-corrected chi connectivity index (χ0v) is 21.5. The lowest BCUT2D eigenvalue weighted by Gasteiger charge is -2.46. The van der Waals surface area contributed by atoms with Crippen molar-refractivity contribution in [1.29, 1.82) is 0 Å². The van der Waals surface area contributed by atoms with Gasteiger partial charge < -0.3 is 15.0 Å². The van der Waals surface area contributed by atoms with Crippen molar-refractivity contribution in [3.05, 3.63) is 101 Å². The van der Waals surface area contributed by atoms with Crippen LogP contribution in [0.4, 0.5) is 4.39 Å². The third-order valence-corrected chi connectivity index (χ3v) is 8.66. The molecule has 190 valence electrons. The summed E-state index contributed by atoms with van der Waals surface area (Å²) in [5, 5.41) is 3.79. The Labute approximate surface area is 215 Å². The summed E-state index contributed by atoms with van der Waals surface area (Å²) in [5.74, 6) is 1.37. The van der Waals surface area contributed by atoms with Crippen LogP contribution in [0.2, 0.25) is 0 Å². The van der Waals surface area contributed by atoms with Crippen LogP contribution in [-0.4, -0.2) is 37.7 Å². The third-order valence-electron chi connectivity index (χ3n) is 8.66. The van der Waals surface area contributed by atoms with E-state index in [1.807, 2.05) is 24.3 Å². The van der Waals surface area contributed by atoms with Crippen molar-refractivity contribution in [2.24, 2.45) is 0 Å². The first-order chi connectivity index (χ1) is 17.7. The fraction of sp³-hybridized carbons (Fsp3) is 0.438. The number of piperidine rings is 1. The number of nitrogens with one attached hydrogen (secondary N) is 1. The summed E-state index contributed by atoms with van der Waals surface area (Å²) in [4.78, 5) is 2.73. The van der Waals surface area contributed by atoms with Crippen molar-refractivity contribution in [1.82, 2.24) is 10.2 Å². The van der Waals surface area contributed by atoms with Gasteiger partial charge in [0.15, 0.2) is 0 Å². The van der Waals surface area contributed by atoms with Crippen LogP contribution in [0, 0.1) is 5.82 Å². The quantitative estimate of drug-likeness (QED) is 0.384. The highest BCUT2D eigenvalue weighted by molar-refractivity contribution is 5.33. The van der Waals surface area contributed by atoms with E-state index in [1.54, 1.807) is 19.2 Å². The fourth-order valence-corrected chi connectivity index (χ4v) is 6.50. The molecule has 4 heteroatoms. The van der Waals surface area contributed by atoms with Crippen molar-refractivity contribution in [3.8, 4) is 5.75 Å². The normalized spacial score (nSPS) is 23.4. The van der Waals surface area contributed by atoms with E-state index in [0.717, 1.165) is 31.9 Å². The van der Waals surface area contributed by atoms with Gasteiger partial charge in [-0.05, 0) is 86.9 Å². The van der Waals surface area contributed by atoms with Gasteiger partial charge in [0.1, 0.15) is 11.6 Å². The molecule has 0 bridgehead atoms. The summed E-state index contributed by atoms with van der Waals surface area (Å²) < 4.78 is 18.9. The highest BCUT2D eigenvalue weighted by Gasteiger charge is 2.38. The Morgan fingerprint density at radius 3 is 2.22 bits per heavy atom. The number of likely N-dealkylation sites (tertiary alicyclic amines) is 1. The van der Waals surface area contributed by atoms with Crippen molar-refractivity contribution in [3.63, 3.8) is 0 Å². The van der Waals surface area contributed by atoms with Crippen LogP contribution in [0.25, 0.3) is 0 Å². The molecule has 1 saturated heterocycles. The van der Waals surface area contributed by atoms with Crippen molar-refractivity contribution in [2.45, 2.75) is 62.4 Å². The van der Waals surface area contributed by atoms with E-state index in [-0.39, 0.29) is 11.2 Å². The van der Waals surface area contributed by atoms with E-state index in [1.165, 1.54) is 55.2 Å². The molecule has 36 heavy (non-hydrogen) atoms. The largest absolute Gasteiger partial charge is 0.496 e. The van der Waals surface area contributed by atoms with E-state index < -0.39 is 0 Å². The first-order valence-electron chi connectivity index (χ1n) is 13.5. The van der Waals surface area contributed by atoms with Gasteiger partial charge in [0.2, 0.25) is 0 Å². The van der Waals surface area contributed by atoms with Gasteiger partial charge in [0, 0.05) is 30.1 Å². The van der Waals surface area contributed by atoms with Crippen molar-refractivity contribution >= 4 is 0 Å². The van der Waals surface area contributed by atoms with Crippen molar-refractivity contribution < 1.29 is 9.13 Å². The average Bonchev–Trinajstić information content (AvgIpc) is 2.95. The highest BCUT2D eigenvalue weighted by Crippen LogP contribution is 2.42. The van der Waals surface area contributed by atoms with Crippen LogP contribution in [0.3, 0.4) is 0 Å². The summed E-state index contributed by atoms with van der Waals surface area (Å²) in [7, 11) is 1.74. The predicted molar refractivity (Wildman–Crippen MR) is 145 cm³/mol. The van der Waals surface area contributed by atoms with Crippen LogP contribution in [-0.2, 0) is 12.0 Å². The van der Waals surface area contributed by atoms with Gasteiger partial charge in [-0.2, -0.15) is 0 Å². The number of hydrogen-bond acceptors (Lipinski definition) is 3. The van der Waals surface area contributed by atoms with E-state index in [9.17, 15) is 4.39 Å². The predicted octanol–water partition coefficient (Wildman–Crippen LogP) is 6.68. The first-order valence-corrected chi connectivity index (χ1v) is 13.5. The molecule has 1 heterocycles. The molecule has 3 nitrogen and oxygen atoms in total. The van der Waals surface area contributed by atoms with Crippen LogP contribution >= 0.6 is 0 Å². The molecular weight excluding hydrogens is 447 g/mol. The standard InChI is InChI=1S/C32H39FN2O/c1-36-31-10-6-5-7-27(31)23-34-24-32(28-8-3-2-4-9-28)19-15-30(16-20-32)35-21-17-26(18-22-35)25-11-13-29(33)14-12-25/h2-14,26,30,34H,15-24H2,1H3/t30-,32+. The second-order valence-electron chi connectivity index (χ2n) is 10.7. The zero-order valence-electron chi connectivity index (χ0n) is 21.5. The van der Waals surface area contributed by atoms with E-state index in [0.29, 0.717) is 12.0 Å². The number of ether oxygens (including phenoxy) is 1. The Bertz CT molecular complexity index is 1080. The van der Waals surface area contributed by atoms with E-state index >= 15 is 0 Å². The van der Waals surface area contributed by atoms with E-state index in [4.69, 9.17) is 4.74 Å². The highest BCUT2D eigenvalue weighted by atomic mass is 19.1. The molecule has 5 rings (SSSR count). The second kappa shape index (κ2) is 11.6. The number of halogens is 1. The van der Waals surface area contributed by atoms with Crippen molar-refractivity contribution in [2.75, 3.05) is 26.7 Å². The molecule has 0 spiro atoms. The number of methoxy groups -OCH3 is 1. The summed E-state index contributed by atoms with van der Waals surface area (Å²) in [5.41, 5.74) is 4.14. The molecule has 0 aromatic heterocycles. The minimum atomic E-state index is -0.141. The molecule has 2 fully saturated rings. The van der Waals surface area contributed by atoms with Crippen LogP contribution in [0.15, 0.2) is 78.9 Å². The Balaban J connectivity index is 1.20. The second-order valence-corrected chi connectivity index (χ2v) is 10.7. The first kappa shape index (κ1) is 25.0. The van der Waals surface area contributed by atoms with Gasteiger partial charge in [-0.3, -0.25) is 0 Å². The lowest BCUT2D eigenvalue weighted by molar-refractivity contribution is 0.0968. The monoisotopic (exact) mass is 486 g/mol. The average molecular weight is 487 g/mol. The summed E-state index contributed by atoms with van der Waals surface area (Å²) >= 11 is 0. The van der Waals surface area contributed by atoms with E-state index in [2.05, 4.69) is 52.7 Å². The van der Waals surface area contributed by atoms with Crippen LogP contribution in [0.1, 0.15) is 61.1 Å². The van der Waals surface area contributed by atoms with Gasteiger partial charge in [-0.1, -0.05) is 60.7 Å². The number of rotatable bonds is 8. The topological polar surface area (TPSA) is 24.5 Å². The Kier molecular flexibility index (Phi) is 8.03. The molecule has 2 aliphatic rings. The summed E-state index contributed by atoms with van der Waals surface area (Å²) in [6, 6.07) is 27.2. The van der Waals surface area contributed by atoms with Gasteiger partial charge in [0.05, 0.1) is 7.11 Å². The van der Waals surface area contributed by atoms with Gasteiger partial charge >= 0.3 is 0 Å². The molecule has 0 atom stereocenters. The lowest BCUT2D eigenvalue weighted by atomic mass is 9.67. The number of benzene rings is 3. The Morgan fingerprint density at radius 2 is 1.53 bits per heavy atom. The maximum absolute atomic E-state index is 13.3. The maximum Gasteiger partial charge on any atom is 0.123 e. The number of hydrogen-bond donors (Lipinski definition) is 1. The number of para-hydroxylation sites is 1. The fourth-order valence-electron chi connectivity index (χ4n) is 6.50. The summed E-state index contributed by atoms with van der Waals surface area (Å²) in [6.45, 7) is 4.10. The minimum absolute atomic E-state index is 0.141. The molecule has 0 radical (unpaired) electrons.